The molecule has 2 N–H and O–H groups in total. The zero-order valence-corrected chi connectivity index (χ0v) is 30.4. The molecule has 0 aliphatic carbocycles. The van der Waals surface area contributed by atoms with E-state index in [1.807, 2.05) is 49.6 Å². The standard InChI is InChI=1S/C40H43N9O5/c1-40-19-28(23-49(40)33-18-31(29-5-3-4-6-34(29)50)43-44-37(33)45(2)24-40)54-36-12-7-25(20-41-36)21-46-13-15-47(16-14-46)27-9-8-26-22-48(39(53)30(26)17-27)32-10-11-35(51)42-38(32)52/h3-9,12,17-18,20,28,32,50H,10-11,13-16,19,21-24H2,1-2H3,(H,42,51,52). The van der Waals surface area contributed by atoms with Gasteiger partial charge in [-0.3, -0.25) is 24.6 Å². The molecule has 0 bridgehead atoms. The number of fused-ring (bicyclic) bond motifs is 4. The van der Waals surface area contributed by atoms with Crippen LogP contribution >= 0.6 is 0 Å². The van der Waals surface area contributed by atoms with Crippen molar-refractivity contribution in [2.75, 3.05) is 61.0 Å². The number of imide groups is 1. The molecule has 3 saturated heterocycles. The van der Waals surface area contributed by atoms with Crippen LogP contribution in [0.15, 0.2) is 66.9 Å². The number of nitrogens with zero attached hydrogens (tertiary/aromatic N) is 8. The molecule has 14 nitrogen and oxygen atoms in total. The number of nitrogens with one attached hydrogen (secondary N) is 1. The quantitative estimate of drug-likeness (QED) is 0.270. The maximum absolute atomic E-state index is 13.3. The van der Waals surface area contributed by atoms with Gasteiger partial charge in [0.05, 0.1) is 23.5 Å². The van der Waals surface area contributed by atoms with Crippen molar-refractivity contribution in [1.82, 2.24) is 30.3 Å². The van der Waals surface area contributed by atoms with E-state index in [4.69, 9.17) is 9.72 Å². The number of anilines is 3. The number of hydrogen-bond acceptors (Lipinski definition) is 12. The number of aromatic nitrogens is 3. The molecule has 2 aromatic heterocycles. The van der Waals surface area contributed by atoms with E-state index in [0.717, 1.165) is 74.0 Å². The number of piperidine rings is 1. The van der Waals surface area contributed by atoms with E-state index < -0.39 is 11.9 Å². The van der Waals surface area contributed by atoms with Gasteiger partial charge in [-0.25, -0.2) is 4.98 Å². The van der Waals surface area contributed by atoms with E-state index in [2.05, 4.69) is 54.2 Å². The Hall–Kier alpha value is -5.76. The van der Waals surface area contributed by atoms with Gasteiger partial charge in [0.1, 0.15) is 17.9 Å². The van der Waals surface area contributed by atoms with E-state index in [-0.39, 0.29) is 35.6 Å². The Balaban J connectivity index is 0.798. The minimum atomic E-state index is -0.610. The summed E-state index contributed by atoms with van der Waals surface area (Å²) in [5.74, 6) is 0.775. The molecule has 278 valence electrons. The summed E-state index contributed by atoms with van der Waals surface area (Å²) in [4.78, 5) is 52.9. The minimum absolute atomic E-state index is 0.0578. The summed E-state index contributed by atoms with van der Waals surface area (Å²) in [6.45, 7) is 8.29. The number of piperazine rings is 1. The van der Waals surface area contributed by atoms with Gasteiger partial charge in [-0.15, -0.1) is 10.2 Å². The summed E-state index contributed by atoms with van der Waals surface area (Å²) in [6, 6.07) is 18.7. The number of amides is 3. The van der Waals surface area contributed by atoms with Gasteiger partial charge in [-0.2, -0.15) is 0 Å². The summed E-state index contributed by atoms with van der Waals surface area (Å²) in [7, 11) is 2.04. The molecule has 5 aliphatic rings. The first-order chi connectivity index (χ1) is 26.1. The van der Waals surface area contributed by atoms with E-state index in [1.165, 1.54) is 0 Å². The number of hydrogen-bond donors (Lipinski definition) is 2. The van der Waals surface area contributed by atoms with Crippen molar-refractivity contribution in [1.29, 1.82) is 0 Å². The number of benzene rings is 2. The number of likely N-dealkylation sites (N-methyl/N-ethyl adjacent to an activating group) is 1. The Labute approximate surface area is 313 Å². The van der Waals surface area contributed by atoms with Crippen LogP contribution in [0.3, 0.4) is 0 Å². The molecule has 9 rings (SSSR count). The molecule has 0 radical (unpaired) electrons. The van der Waals surface area contributed by atoms with Crippen molar-refractivity contribution < 1.29 is 24.2 Å². The highest BCUT2D eigenvalue weighted by Crippen LogP contribution is 2.45. The van der Waals surface area contributed by atoms with Gasteiger partial charge in [0.25, 0.3) is 5.91 Å². The van der Waals surface area contributed by atoms with Gasteiger partial charge in [0.2, 0.25) is 17.7 Å². The van der Waals surface area contributed by atoms with Crippen LogP contribution in [0.25, 0.3) is 11.3 Å². The van der Waals surface area contributed by atoms with Crippen molar-refractivity contribution in [3.63, 3.8) is 0 Å². The lowest BCUT2D eigenvalue weighted by Crippen LogP contribution is -2.53. The molecule has 4 aromatic rings. The lowest BCUT2D eigenvalue weighted by Gasteiger charge is -2.45. The number of pyridine rings is 1. The van der Waals surface area contributed by atoms with Crippen LogP contribution in [0.4, 0.5) is 17.2 Å². The molecular formula is C40H43N9O5. The topological polar surface area (TPSA) is 148 Å². The van der Waals surface area contributed by atoms with Gasteiger partial charge < -0.3 is 29.4 Å². The highest BCUT2D eigenvalue weighted by Gasteiger charge is 2.48. The average molecular weight is 730 g/mol. The molecule has 2 aromatic carbocycles. The monoisotopic (exact) mass is 729 g/mol. The molecule has 0 saturated carbocycles. The predicted octanol–water partition coefficient (Wildman–Crippen LogP) is 3.19. The fourth-order valence-electron chi connectivity index (χ4n) is 8.87. The fraction of sp³-hybridized carbons (Fsp3) is 0.400. The maximum atomic E-state index is 13.3. The fourth-order valence-corrected chi connectivity index (χ4v) is 8.87. The third-order valence-corrected chi connectivity index (χ3v) is 11.6. The maximum Gasteiger partial charge on any atom is 0.255 e. The number of phenols is 1. The van der Waals surface area contributed by atoms with E-state index in [0.29, 0.717) is 42.2 Å². The van der Waals surface area contributed by atoms with Gasteiger partial charge in [-0.1, -0.05) is 24.3 Å². The Morgan fingerprint density at radius 3 is 2.59 bits per heavy atom. The molecular weight excluding hydrogens is 686 g/mol. The highest BCUT2D eigenvalue weighted by atomic mass is 16.5. The molecule has 54 heavy (non-hydrogen) atoms. The van der Waals surface area contributed by atoms with Crippen LogP contribution in [0.5, 0.6) is 11.6 Å². The number of para-hydroxylation sites is 1. The minimum Gasteiger partial charge on any atom is -0.507 e. The summed E-state index contributed by atoms with van der Waals surface area (Å²) in [5.41, 5.74) is 5.78. The molecule has 0 spiro atoms. The Kier molecular flexibility index (Phi) is 8.36. The van der Waals surface area contributed by atoms with Crippen LogP contribution in [-0.2, 0) is 22.7 Å². The molecule has 3 fully saturated rings. The molecule has 3 atom stereocenters. The Morgan fingerprint density at radius 2 is 1.81 bits per heavy atom. The average Bonchev–Trinajstić information content (AvgIpc) is 3.67. The number of rotatable bonds is 7. The van der Waals surface area contributed by atoms with Crippen LogP contribution in [0.2, 0.25) is 0 Å². The first kappa shape index (κ1) is 34.0. The Morgan fingerprint density at radius 1 is 0.981 bits per heavy atom. The normalized spacial score (nSPS) is 24.0. The number of phenolic OH excluding ortho intramolecular Hbond substituents is 1. The van der Waals surface area contributed by atoms with Gasteiger partial charge in [0, 0.05) is 94.8 Å². The largest absolute Gasteiger partial charge is 0.507 e. The van der Waals surface area contributed by atoms with Gasteiger partial charge in [-0.05, 0) is 54.8 Å². The van der Waals surface area contributed by atoms with Gasteiger partial charge >= 0.3 is 0 Å². The van der Waals surface area contributed by atoms with E-state index in [1.54, 1.807) is 17.0 Å². The highest BCUT2D eigenvalue weighted by molar-refractivity contribution is 6.05. The second-order valence-corrected chi connectivity index (χ2v) is 15.4. The first-order valence-electron chi connectivity index (χ1n) is 18.6. The third-order valence-electron chi connectivity index (χ3n) is 11.6. The molecule has 14 heteroatoms. The second-order valence-electron chi connectivity index (χ2n) is 15.4. The Bertz CT molecular complexity index is 2140. The molecule has 3 unspecified atom stereocenters. The number of aromatic hydroxyl groups is 1. The predicted molar refractivity (Wildman–Crippen MR) is 201 cm³/mol. The summed E-state index contributed by atoms with van der Waals surface area (Å²) < 4.78 is 6.49. The lowest BCUT2D eigenvalue weighted by molar-refractivity contribution is -0.136. The zero-order valence-electron chi connectivity index (χ0n) is 30.4. The van der Waals surface area contributed by atoms with E-state index in [9.17, 15) is 19.5 Å². The molecule has 3 amide bonds. The van der Waals surface area contributed by atoms with Crippen LogP contribution in [0, 0.1) is 0 Å². The van der Waals surface area contributed by atoms with Crippen molar-refractivity contribution in [3.05, 3.63) is 83.6 Å². The third kappa shape index (κ3) is 6.13. The van der Waals surface area contributed by atoms with Crippen molar-refractivity contribution in [2.24, 2.45) is 0 Å². The number of ether oxygens (including phenoxy) is 1. The number of carbonyl (C=O) groups excluding carboxylic acids is 3. The van der Waals surface area contributed by atoms with E-state index >= 15 is 0 Å². The zero-order chi connectivity index (χ0) is 37.1. The first-order valence-corrected chi connectivity index (χ1v) is 18.6. The smallest absolute Gasteiger partial charge is 0.255 e. The number of carbonyl (C=O) groups is 3. The van der Waals surface area contributed by atoms with Crippen molar-refractivity contribution in [3.8, 4) is 22.9 Å². The second kappa shape index (κ2) is 13.3. The van der Waals surface area contributed by atoms with Crippen molar-refractivity contribution in [2.45, 2.75) is 57.0 Å². The summed E-state index contributed by atoms with van der Waals surface area (Å²) in [6.07, 6.45) is 3.28. The molecule has 7 heterocycles. The summed E-state index contributed by atoms with van der Waals surface area (Å²) >= 11 is 0. The molecule has 5 aliphatic heterocycles. The van der Waals surface area contributed by atoms with Crippen LogP contribution in [0.1, 0.15) is 47.7 Å². The SMILES string of the molecule is CN1CC2(C)CC(Oc3ccc(CN4CCN(c5ccc6c(c5)C(=O)N(C5CCC(=O)NC5=O)C6)CC4)cn3)CN2c2cc(-c3ccccc3O)nnc21. The van der Waals surface area contributed by atoms with Gasteiger partial charge in [0.15, 0.2) is 5.82 Å². The summed E-state index contributed by atoms with van der Waals surface area (Å²) in [5, 5.41) is 21.8. The van der Waals surface area contributed by atoms with Crippen molar-refractivity contribution >= 4 is 34.9 Å². The van der Waals surface area contributed by atoms with Crippen LogP contribution < -0.4 is 24.8 Å². The lowest BCUT2D eigenvalue weighted by atomic mass is 9.94. The van der Waals surface area contributed by atoms with Crippen LogP contribution in [-0.4, -0.2) is 112 Å².